The van der Waals surface area contributed by atoms with Gasteiger partial charge in [0.05, 0.1) is 5.41 Å². The zero-order valence-electron chi connectivity index (χ0n) is 27.1. The second kappa shape index (κ2) is 12.2. The zero-order chi connectivity index (χ0) is 32.5. The molecule has 47 heavy (non-hydrogen) atoms. The van der Waals surface area contributed by atoms with Crippen molar-refractivity contribution in [3.63, 3.8) is 0 Å². The molecule has 1 aliphatic rings. The van der Waals surface area contributed by atoms with Crippen molar-refractivity contribution in [2.75, 3.05) is 0 Å². The van der Waals surface area contributed by atoms with Crippen LogP contribution >= 0.6 is 0 Å². The third-order valence-corrected chi connectivity index (χ3v) is 9.61. The van der Waals surface area contributed by atoms with Crippen molar-refractivity contribution in [3.8, 4) is 11.1 Å². The molecule has 0 amide bonds. The SMILES string of the molecule is C=C/C=c1/cc(-c2ccc3c(c2)C(c2ccccc2)(c2ccccc2)/C(=C/C(=C)c2ccc4cc(C)ccc4c2)C3=C)cc/c1=C/C. The van der Waals surface area contributed by atoms with E-state index >= 15 is 0 Å². The van der Waals surface area contributed by atoms with Gasteiger partial charge in [-0.05, 0) is 115 Å². The first-order chi connectivity index (χ1) is 22.9. The summed E-state index contributed by atoms with van der Waals surface area (Å²) in [5.41, 5.74) is 12.0. The number of hydrogen-bond acceptors (Lipinski definition) is 0. The normalized spacial score (nSPS) is 15.3. The fourth-order valence-electron chi connectivity index (χ4n) is 7.29. The maximum atomic E-state index is 4.76. The summed E-state index contributed by atoms with van der Waals surface area (Å²) in [5, 5.41) is 4.80. The summed E-state index contributed by atoms with van der Waals surface area (Å²) in [5.74, 6) is 0. The van der Waals surface area contributed by atoms with Gasteiger partial charge in [-0.15, -0.1) is 0 Å². The Balaban J connectivity index is 1.49. The van der Waals surface area contributed by atoms with Crippen molar-refractivity contribution in [1.82, 2.24) is 0 Å². The van der Waals surface area contributed by atoms with E-state index in [1.807, 2.05) is 6.08 Å². The molecule has 0 unspecified atom stereocenters. The summed E-state index contributed by atoms with van der Waals surface area (Å²) in [6, 6.07) is 48.5. The first-order valence-electron chi connectivity index (χ1n) is 16.2. The van der Waals surface area contributed by atoms with E-state index in [2.05, 4.69) is 179 Å². The lowest BCUT2D eigenvalue weighted by atomic mass is 9.67. The second-order valence-electron chi connectivity index (χ2n) is 12.4. The van der Waals surface area contributed by atoms with Crippen molar-refractivity contribution in [2.45, 2.75) is 19.3 Å². The fraction of sp³-hybridized carbons (Fsp3) is 0.0638. The molecule has 0 saturated carbocycles. The van der Waals surface area contributed by atoms with Gasteiger partial charge < -0.3 is 0 Å². The topological polar surface area (TPSA) is 0 Å². The third kappa shape index (κ3) is 5.13. The van der Waals surface area contributed by atoms with Crippen molar-refractivity contribution in [1.29, 1.82) is 0 Å². The van der Waals surface area contributed by atoms with Gasteiger partial charge in [-0.2, -0.15) is 0 Å². The maximum Gasteiger partial charge on any atom is 0.0713 e. The molecule has 0 heterocycles. The number of fused-ring (bicyclic) bond motifs is 2. The highest BCUT2D eigenvalue weighted by molar-refractivity contribution is 5.97. The van der Waals surface area contributed by atoms with Crippen LogP contribution in [0.2, 0.25) is 0 Å². The molecular weight excluding hydrogens is 565 g/mol. The quantitative estimate of drug-likeness (QED) is 0.178. The Hall–Kier alpha value is -5.72. The van der Waals surface area contributed by atoms with Crippen LogP contribution in [0.1, 0.15) is 40.3 Å². The molecule has 226 valence electrons. The van der Waals surface area contributed by atoms with Crippen LogP contribution < -0.4 is 10.4 Å². The van der Waals surface area contributed by atoms with Crippen LogP contribution in [0.3, 0.4) is 0 Å². The minimum Gasteiger partial charge on any atom is -0.0990 e. The van der Waals surface area contributed by atoms with Crippen LogP contribution in [0.4, 0.5) is 0 Å². The van der Waals surface area contributed by atoms with Gasteiger partial charge in [0.15, 0.2) is 0 Å². The summed E-state index contributed by atoms with van der Waals surface area (Å²) >= 11 is 0. The van der Waals surface area contributed by atoms with Crippen molar-refractivity contribution < 1.29 is 0 Å². The maximum absolute atomic E-state index is 4.76. The van der Waals surface area contributed by atoms with Gasteiger partial charge in [0, 0.05) is 0 Å². The number of allylic oxidation sites excluding steroid dienone is 5. The Morgan fingerprint density at radius 3 is 1.98 bits per heavy atom. The van der Waals surface area contributed by atoms with Crippen molar-refractivity contribution >= 4 is 34.1 Å². The minimum absolute atomic E-state index is 0.588. The molecule has 0 N–H and O–H groups in total. The Bertz CT molecular complexity index is 2310. The van der Waals surface area contributed by atoms with Gasteiger partial charge in [0.1, 0.15) is 0 Å². The lowest BCUT2D eigenvalue weighted by Gasteiger charge is -2.34. The van der Waals surface area contributed by atoms with E-state index in [0.717, 1.165) is 33.1 Å². The molecule has 0 aliphatic heterocycles. The number of rotatable bonds is 6. The third-order valence-electron chi connectivity index (χ3n) is 9.61. The standard InChI is InChI=1S/C47H38/c1-6-14-37-30-40(23-21-35(37)7-2)41-25-26-44-34(5)45(28-33(4)36-22-24-38-27-32(3)19-20-39(38)29-36)47(46(44)31-41,42-15-10-8-11-16-42)43-17-12-9-13-18-43/h6-31H,1,4-5H2,2-3H3/b35-7-,37-14-,45-28+. The highest BCUT2D eigenvalue weighted by Gasteiger charge is 2.47. The first-order valence-corrected chi connectivity index (χ1v) is 16.2. The van der Waals surface area contributed by atoms with Gasteiger partial charge in [-0.3, -0.25) is 0 Å². The largest absolute Gasteiger partial charge is 0.0990 e. The number of aryl methyl sites for hydroxylation is 1. The molecule has 0 nitrogen and oxygen atoms in total. The Morgan fingerprint density at radius 2 is 1.30 bits per heavy atom. The Labute approximate surface area is 278 Å². The Morgan fingerprint density at radius 1 is 0.660 bits per heavy atom. The van der Waals surface area contributed by atoms with E-state index in [4.69, 9.17) is 6.58 Å². The Kier molecular flexibility index (Phi) is 7.80. The molecule has 1 aliphatic carbocycles. The van der Waals surface area contributed by atoms with E-state index in [-0.39, 0.29) is 0 Å². The molecule has 7 rings (SSSR count). The predicted octanol–water partition coefficient (Wildman–Crippen LogP) is 10.6. The molecule has 0 radical (unpaired) electrons. The fourth-order valence-corrected chi connectivity index (χ4v) is 7.29. The van der Waals surface area contributed by atoms with Crippen LogP contribution in [0.25, 0.3) is 45.2 Å². The van der Waals surface area contributed by atoms with E-state index in [0.29, 0.717) is 0 Å². The number of hydrogen-bond donors (Lipinski definition) is 0. The highest BCUT2D eigenvalue weighted by Crippen LogP contribution is 2.57. The van der Waals surface area contributed by atoms with E-state index < -0.39 is 5.41 Å². The predicted molar refractivity (Wildman–Crippen MR) is 204 cm³/mol. The first kappa shape index (κ1) is 30.0. The molecule has 0 saturated heterocycles. The monoisotopic (exact) mass is 602 g/mol. The number of benzene rings is 6. The summed E-state index contributed by atoms with van der Waals surface area (Å²) < 4.78 is 0. The van der Waals surface area contributed by atoms with Crippen LogP contribution in [-0.4, -0.2) is 0 Å². The summed E-state index contributed by atoms with van der Waals surface area (Å²) in [6.45, 7) is 17.6. The molecule has 0 aromatic heterocycles. The van der Waals surface area contributed by atoms with E-state index in [9.17, 15) is 0 Å². The summed E-state index contributed by atoms with van der Waals surface area (Å²) in [7, 11) is 0. The second-order valence-corrected chi connectivity index (χ2v) is 12.4. The van der Waals surface area contributed by atoms with Crippen LogP contribution in [0.15, 0.2) is 171 Å². The average Bonchev–Trinajstić information content (AvgIpc) is 3.36. The molecule has 0 spiro atoms. The van der Waals surface area contributed by atoms with Gasteiger partial charge in [-0.25, -0.2) is 0 Å². The molecule has 0 heteroatoms. The smallest absolute Gasteiger partial charge is 0.0713 e. The van der Waals surface area contributed by atoms with Gasteiger partial charge in [0.25, 0.3) is 0 Å². The molecular formula is C47H38. The van der Waals surface area contributed by atoms with Crippen LogP contribution in [-0.2, 0) is 5.41 Å². The van der Waals surface area contributed by atoms with Gasteiger partial charge in [-0.1, -0.05) is 159 Å². The molecule has 0 bridgehead atoms. The van der Waals surface area contributed by atoms with Gasteiger partial charge in [0.2, 0.25) is 0 Å². The van der Waals surface area contributed by atoms with Crippen molar-refractivity contribution in [3.05, 3.63) is 215 Å². The average molecular weight is 603 g/mol. The molecule has 0 fully saturated rings. The van der Waals surface area contributed by atoms with E-state index in [1.54, 1.807) is 0 Å². The molecule has 6 aromatic carbocycles. The van der Waals surface area contributed by atoms with Crippen molar-refractivity contribution in [2.24, 2.45) is 0 Å². The van der Waals surface area contributed by atoms with Crippen LogP contribution in [0.5, 0.6) is 0 Å². The molecule has 0 atom stereocenters. The lowest BCUT2D eigenvalue weighted by Crippen LogP contribution is -2.29. The van der Waals surface area contributed by atoms with Gasteiger partial charge >= 0.3 is 0 Å². The summed E-state index contributed by atoms with van der Waals surface area (Å²) in [6.07, 6.45) is 8.35. The zero-order valence-corrected chi connectivity index (χ0v) is 27.1. The van der Waals surface area contributed by atoms with Crippen LogP contribution in [0, 0.1) is 6.92 Å². The lowest BCUT2D eigenvalue weighted by molar-refractivity contribution is 0.770. The van der Waals surface area contributed by atoms with E-state index in [1.165, 1.54) is 49.4 Å². The highest BCUT2D eigenvalue weighted by atomic mass is 14.5. The summed E-state index contributed by atoms with van der Waals surface area (Å²) in [4.78, 5) is 0. The molecule has 6 aromatic rings. The minimum atomic E-state index is -0.588.